The van der Waals surface area contributed by atoms with Crippen LogP contribution < -0.4 is 5.30 Å². The van der Waals surface area contributed by atoms with Crippen LogP contribution in [0.4, 0.5) is 4.39 Å². The van der Waals surface area contributed by atoms with Crippen molar-refractivity contribution in [2.45, 2.75) is 26.3 Å². The molecule has 1 amide bonds. The van der Waals surface area contributed by atoms with Crippen molar-refractivity contribution in [1.82, 2.24) is 30.0 Å². The normalized spacial score (nSPS) is 16.2. The summed E-state index contributed by atoms with van der Waals surface area (Å²) in [6.45, 7) is 6.41. The molecule has 2 aliphatic rings. The number of fused-ring (bicyclic) bond motifs is 2. The average Bonchev–Trinajstić information content (AvgIpc) is 3.54. The first kappa shape index (κ1) is 25.0. The second-order valence-electron chi connectivity index (χ2n) is 9.84. The molecule has 1 saturated heterocycles. The minimum absolute atomic E-state index is 0.115. The van der Waals surface area contributed by atoms with E-state index >= 15 is 0 Å². The van der Waals surface area contributed by atoms with E-state index in [0.29, 0.717) is 57.2 Å². The molecular formula is C27H30FN6O3P. The zero-order chi connectivity index (χ0) is 26.4. The second kappa shape index (κ2) is 10.1. The van der Waals surface area contributed by atoms with Crippen molar-refractivity contribution < 1.29 is 19.0 Å². The number of morpholine rings is 1. The van der Waals surface area contributed by atoms with Crippen LogP contribution in [-0.2, 0) is 28.9 Å². The monoisotopic (exact) mass is 536 g/mol. The number of carbonyl (C=O) groups excluding carboxylic acids is 1. The van der Waals surface area contributed by atoms with Crippen molar-refractivity contribution >= 4 is 31.4 Å². The summed E-state index contributed by atoms with van der Waals surface area (Å²) in [6, 6.07) is 6.78. The molecule has 4 aromatic rings. The summed E-state index contributed by atoms with van der Waals surface area (Å²) in [5.74, 6) is -0.217. The maximum absolute atomic E-state index is 14.2. The minimum Gasteiger partial charge on any atom is -0.505 e. The summed E-state index contributed by atoms with van der Waals surface area (Å²) in [7, 11) is 2.75. The number of aromatic hydroxyl groups is 1. The number of phenolic OH excluding ortho intramolecular Hbond substituents is 1. The fourth-order valence-corrected chi connectivity index (χ4v) is 5.82. The van der Waals surface area contributed by atoms with E-state index < -0.39 is 5.82 Å². The van der Waals surface area contributed by atoms with Gasteiger partial charge in [0.25, 0.3) is 0 Å². The first-order valence-electron chi connectivity index (χ1n) is 12.9. The standard InChI is InChI=1S/C27H30FN6O3P/c1-2-15-10-22(35)18(28)12-17(15)16-9-20-25(23(38)11-16)26(32-31-20)27-29-19-3-4-34(13-21(19)30-27)24(36)14-33-5-7-37-8-6-33/h9-12,35H,2-8,13-14,38H2,1H3,(H,29,30)(H,31,32). The van der Waals surface area contributed by atoms with Crippen LogP contribution in [0.15, 0.2) is 24.3 Å². The molecule has 0 saturated carbocycles. The number of imidazole rings is 1. The predicted octanol–water partition coefficient (Wildman–Crippen LogP) is 2.74. The number of aromatic nitrogens is 4. The molecule has 198 valence electrons. The van der Waals surface area contributed by atoms with Crippen LogP contribution in [-0.4, -0.2) is 80.4 Å². The van der Waals surface area contributed by atoms with Gasteiger partial charge in [0, 0.05) is 37.1 Å². The summed E-state index contributed by atoms with van der Waals surface area (Å²) >= 11 is 0. The third kappa shape index (κ3) is 4.57. The number of H-pyrrole nitrogens is 2. The third-order valence-corrected chi connectivity index (χ3v) is 7.89. The molecule has 2 aliphatic heterocycles. The molecule has 1 fully saturated rings. The molecule has 2 aromatic carbocycles. The van der Waals surface area contributed by atoms with E-state index in [9.17, 15) is 14.3 Å². The average molecular weight is 537 g/mol. The smallest absolute Gasteiger partial charge is 0.237 e. The number of hydrogen-bond acceptors (Lipinski definition) is 6. The van der Waals surface area contributed by atoms with Crippen LogP contribution in [0, 0.1) is 5.82 Å². The van der Waals surface area contributed by atoms with Crippen molar-refractivity contribution in [3.63, 3.8) is 0 Å². The Bertz CT molecular complexity index is 1530. The predicted molar refractivity (Wildman–Crippen MR) is 146 cm³/mol. The van der Waals surface area contributed by atoms with Crippen LogP contribution in [0.5, 0.6) is 5.75 Å². The van der Waals surface area contributed by atoms with Gasteiger partial charge in [-0.1, -0.05) is 6.92 Å². The molecule has 38 heavy (non-hydrogen) atoms. The molecular weight excluding hydrogens is 506 g/mol. The Morgan fingerprint density at radius 2 is 2.03 bits per heavy atom. The lowest BCUT2D eigenvalue weighted by atomic mass is 9.96. The number of aromatic amines is 2. The van der Waals surface area contributed by atoms with Gasteiger partial charge in [-0.3, -0.25) is 14.8 Å². The second-order valence-corrected chi connectivity index (χ2v) is 10.5. The van der Waals surface area contributed by atoms with Crippen LogP contribution in [0.1, 0.15) is 23.9 Å². The number of hydrogen-bond donors (Lipinski definition) is 3. The molecule has 2 aromatic heterocycles. The van der Waals surface area contributed by atoms with Gasteiger partial charge in [0.2, 0.25) is 5.91 Å². The Morgan fingerprint density at radius 3 is 2.82 bits per heavy atom. The van der Waals surface area contributed by atoms with E-state index in [1.165, 1.54) is 12.1 Å². The van der Waals surface area contributed by atoms with Crippen molar-refractivity contribution in [1.29, 1.82) is 0 Å². The minimum atomic E-state index is -0.647. The maximum Gasteiger partial charge on any atom is 0.237 e. The topological polar surface area (TPSA) is 110 Å². The quantitative estimate of drug-likeness (QED) is 0.339. The van der Waals surface area contributed by atoms with Gasteiger partial charge in [-0.25, -0.2) is 9.37 Å². The molecule has 1 unspecified atom stereocenters. The lowest BCUT2D eigenvalue weighted by molar-refractivity contribution is -0.134. The first-order chi connectivity index (χ1) is 18.4. The lowest BCUT2D eigenvalue weighted by Gasteiger charge is -2.31. The van der Waals surface area contributed by atoms with Gasteiger partial charge < -0.3 is 19.7 Å². The Morgan fingerprint density at radius 1 is 1.21 bits per heavy atom. The van der Waals surface area contributed by atoms with Crippen LogP contribution in [0.3, 0.4) is 0 Å². The molecule has 0 radical (unpaired) electrons. The summed E-state index contributed by atoms with van der Waals surface area (Å²) in [4.78, 5) is 25.2. The van der Waals surface area contributed by atoms with Crippen LogP contribution >= 0.6 is 9.24 Å². The number of aryl methyl sites for hydroxylation is 1. The number of rotatable bonds is 5. The SMILES string of the molecule is CCc1cc(O)c(F)cc1-c1cc(P)c2c(-c3nc4c([nH]3)CCN(C(=O)CN3CCOCC3)C4)n[nH]c2c1. The van der Waals surface area contributed by atoms with Crippen molar-refractivity contribution in [2.75, 3.05) is 39.4 Å². The number of ether oxygens (including phenoxy) is 1. The zero-order valence-corrected chi connectivity index (χ0v) is 22.3. The van der Waals surface area contributed by atoms with Gasteiger partial charge in [-0.05, 0) is 52.7 Å². The number of halogens is 1. The highest BCUT2D eigenvalue weighted by molar-refractivity contribution is 7.28. The highest BCUT2D eigenvalue weighted by atomic mass is 31.0. The number of carbonyl (C=O) groups is 1. The van der Waals surface area contributed by atoms with Crippen molar-refractivity contribution in [3.8, 4) is 28.4 Å². The Balaban J connectivity index is 1.27. The molecule has 0 aliphatic carbocycles. The Kier molecular flexibility index (Phi) is 6.63. The highest BCUT2D eigenvalue weighted by Crippen LogP contribution is 2.34. The molecule has 9 nitrogen and oxygen atoms in total. The summed E-state index contributed by atoms with van der Waals surface area (Å²) in [5, 5.41) is 19.3. The van der Waals surface area contributed by atoms with E-state index in [4.69, 9.17) is 9.72 Å². The molecule has 0 spiro atoms. The van der Waals surface area contributed by atoms with Crippen LogP contribution in [0.25, 0.3) is 33.5 Å². The van der Waals surface area contributed by atoms with Crippen LogP contribution in [0.2, 0.25) is 0 Å². The molecule has 3 N–H and O–H groups in total. The van der Waals surface area contributed by atoms with E-state index in [1.54, 1.807) is 0 Å². The van der Waals surface area contributed by atoms with E-state index in [2.05, 4.69) is 29.3 Å². The fraction of sp³-hybridized carbons (Fsp3) is 0.370. The van der Waals surface area contributed by atoms with Gasteiger partial charge in [-0.15, -0.1) is 9.24 Å². The Hall–Kier alpha value is -3.33. The number of benzene rings is 2. The van der Waals surface area contributed by atoms with Crippen molar-refractivity contribution in [2.24, 2.45) is 0 Å². The summed E-state index contributed by atoms with van der Waals surface area (Å²) in [6.07, 6.45) is 1.37. The van der Waals surface area contributed by atoms with E-state index in [-0.39, 0.29) is 11.7 Å². The number of phenols is 1. The van der Waals surface area contributed by atoms with Gasteiger partial charge >= 0.3 is 0 Å². The number of nitrogens with one attached hydrogen (secondary N) is 2. The molecule has 0 bridgehead atoms. The highest BCUT2D eigenvalue weighted by Gasteiger charge is 2.27. The van der Waals surface area contributed by atoms with E-state index in [1.807, 2.05) is 24.0 Å². The molecule has 6 rings (SSSR count). The first-order valence-corrected chi connectivity index (χ1v) is 13.4. The molecule has 11 heteroatoms. The summed E-state index contributed by atoms with van der Waals surface area (Å²) in [5.41, 5.74) is 5.83. The maximum atomic E-state index is 14.2. The third-order valence-electron chi connectivity index (χ3n) is 7.43. The summed E-state index contributed by atoms with van der Waals surface area (Å²) < 4.78 is 19.6. The van der Waals surface area contributed by atoms with Gasteiger partial charge in [0.15, 0.2) is 17.4 Å². The Labute approximate surface area is 221 Å². The van der Waals surface area contributed by atoms with Gasteiger partial charge in [-0.2, -0.15) is 5.10 Å². The number of amides is 1. The van der Waals surface area contributed by atoms with Gasteiger partial charge in [0.05, 0.1) is 37.5 Å². The lowest BCUT2D eigenvalue weighted by Crippen LogP contribution is -2.46. The zero-order valence-electron chi connectivity index (χ0n) is 21.2. The molecule has 1 atom stereocenters. The van der Waals surface area contributed by atoms with Gasteiger partial charge in [0.1, 0.15) is 5.69 Å². The fourth-order valence-electron chi connectivity index (χ4n) is 5.35. The van der Waals surface area contributed by atoms with E-state index in [0.717, 1.165) is 57.4 Å². The largest absolute Gasteiger partial charge is 0.505 e. The van der Waals surface area contributed by atoms with Crippen molar-refractivity contribution in [3.05, 3.63) is 47.0 Å². The molecule has 4 heterocycles. The number of nitrogens with zero attached hydrogens (tertiary/aromatic N) is 4.